The molecule has 0 aromatic heterocycles. The molecule has 0 saturated heterocycles. The molecule has 1 N–H and O–H groups in total. The highest BCUT2D eigenvalue weighted by Crippen LogP contribution is 2.24. The third-order valence-corrected chi connectivity index (χ3v) is 4.35. The van der Waals surface area contributed by atoms with Gasteiger partial charge in [0.25, 0.3) is 0 Å². The van der Waals surface area contributed by atoms with Gasteiger partial charge in [-0.15, -0.1) is 0 Å². The maximum Gasteiger partial charge on any atom is 0.0540 e. The highest BCUT2D eigenvalue weighted by atomic mass is 35.5. The van der Waals surface area contributed by atoms with Crippen LogP contribution in [0.4, 0.5) is 0 Å². The van der Waals surface area contributed by atoms with Crippen molar-refractivity contribution in [3.63, 3.8) is 0 Å². The Morgan fingerprint density at radius 1 is 0.952 bits per heavy atom. The minimum absolute atomic E-state index is 0.108. The highest BCUT2D eigenvalue weighted by Gasteiger charge is 2.02. The predicted octanol–water partition coefficient (Wildman–Crippen LogP) is 4.51. The minimum Gasteiger partial charge on any atom is -0.395 e. The second-order valence-electron chi connectivity index (χ2n) is 4.52. The maximum absolute atomic E-state index is 8.79. The Morgan fingerprint density at radius 2 is 1.62 bits per heavy atom. The van der Waals surface area contributed by atoms with Crippen LogP contribution in [0.1, 0.15) is 23.1 Å². The van der Waals surface area contributed by atoms with E-state index in [2.05, 4.69) is 24.0 Å². The maximum atomic E-state index is 8.79. The van der Waals surface area contributed by atoms with Crippen LogP contribution < -0.4 is 0 Å². The number of aliphatic hydroxyl groups is 1. The average Bonchev–Trinajstić information content (AvgIpc) is 2.51. The Balaban J connectivity index is 1.98. The van der Waals surface area contributed by atoms with E-state index < -0.39 is 0 Å². The first-order chi connectivity index (χ1) is 10.3. The van der Waals surface area contributed by atoms with Gasteiger partial charge < -0.3 is 5.11 Å². The third-order valence-electron chi connectivity index (χ3n) is 2.95. The third kappa shape index (κ3) is 5.13. The van der Waals surface area contributed by atoms with Crippen LogP contribution in [0, 0.1) is 11.8 Å². The molecule has 108 valence electrons. The molecule has 0 fully saturated rings. The van der Waals surface area contributed by atoms with Gasteiger partial charge in [-0.3, -0.25) is 0 Å². The van der Waals surface area contributed by atoms with Crippen molar-refractivity contribution in [2.45, 2.75) is 17.9 Å². The Labute approximate surface area is 135 Å². The van der Waals surface area contributed by atoms with Crippen LogP contribution in [-0.2, 0) is 11.5 Å². The molecule has 3 heteroatoms. The van der Waals surface area contributed by atoms with Crippen LogP contribution in [0.2, 0.25) is 5.02 Å². The fourth-order valence-corrected chi connectivity index (χ4v) is 3.20. The molecular formula is C18H17ClOS. The predicted molar refractivity (Wildman–Crippen MR) is 91.5 cm³/mol. The lowest BCUT2D eigenvalue weighted by Gasteiger charge is -2.06. The van der Waals surface area contributed by atoms with E-state index in [9.17, 15) is 0 Å². The quantitative estimate of drug-likeness (QED) is 0.819. The van der Waals surface area contributed by atoms with Gasteiger partial charge in [0.05, 0.1) is 6.61 Å². The number of halogens is 1. The Hall–Kier alpha value is -1.40. The summed E-state index contributed by atoms with van der Waals surface area (Å²) in [5.74, 6) is 7.89. The number of hydrogen-bond donors (Lipinski definition) is 1. The molecule has 0 bridgehead atoms. The molecule has 0 aliphatic carbocycles. The van der Waals surface area contributed by atoms with E-state index in [1.807, 2.05) is 48.2 Å². The van der Waals surface area contributed by atoms with Crippen LogP contribution in [-0.4, -0.2) is 11.7 Å². The van der Waals surface area contributed by atoms with Gasteiger partial charge in [-0.1, -0.05) is 59.8 Å². The van der Waals surface area contributed by atoms with Crippen LogP contribution in [0.5, 0.6) is 0 Å². The first-order valence-electron chi connectivity index (χ1n) is 6.80. The molecule has 0 aliphatic heterocycles. The summed E-state index contributed by atoms with van der Waals surface area (Å²) in [6, 6.07) is 16.1. The summed E-state index contributed by atoms with van der Waals surface area (Å²) in [4.78, 5) is 0. The summed E-state index contributed by atoms with van der Waals surface area (Å²) in [6.07, 6.45) is 0.515. The van der Waals surface area contributed by atoms with Gasteiger partial charge in [0.15, 0.2) is 0 Å². The molecule has 0 heterocycles. The largest absolute Gasteiger partial charge is 0.395 e. The monoisotopic (exact) mass is 316 g/mol. The van der Waals surface area contributed by atoms with Gasteiger partial charge in [-0.25, -0.2) is 0 Å². The van der Waals surface area contributed by atoms with E-state index in [4.69, 9.17) is 16.7 Å². The zero-order valence-corrected chi connectivity index (χ0v) is 13.3. The summed E-state index contributed by atoms with van der Waals surface area (Å²) in [7, 11) is 0. The first-order valence-corrected chi connectivity index (χ1v) is 8.33. The molecule has 0 radical (unpaired) electrons. The molecule has 1 nitrogen and oxygen atoms in total. The fourth-order valence-electron chi connectivity index (χ4n) is 1.87. The van der Waals surface area contributed by atoms with E-state index in [0.29, 0.717) is 6.42 Å². The van der Waals surface area contributed by atoms with E-state index in [1.54, 1.807) is 0 Å². The standard InChI is InChI=1S/C18H17ClOS/c19-18-11-4-3-10-17(18)14-21-13-16-9-2-1-7-15(16)8-5-6-12-20/h1-4,7,9-11,20H,6,12-14H2. The zero-order chi connectivity index (χ0) is 14.9. The molecule has 2 aromatic carbocycles. The molecular weight excluding hydrogens is 300 g/mol. The Kier molecular flexibility index (Phi) is 6.69. The summed E-state index contributed by atoms with van der Waals surface area (Å²) in [5.41, 5.74) is 3.42. The van der Waals surface area contributed by atoms with Crippen molar-refractivity contribution in [3.05, 3.63) is 70.2 Å². The second-order valence-corrected chi connectivity index (χ2v) is 5.91. The van der Waals surface area contributed by atoms with Crippen molar-refractivity contribution in [3.8, 4) is 11.8 Å². The Bertz CT molecular complexity index is 643. The molecule has 0 saturated carbocycles. The van der Waals surface area contributed by atoms with Gasteiger partial charge >= 0.3 is 0 Å². The van der Waals surface area contributed by atoms with Crippen molar-refractivity contribution < 1.29 is 5.11 Å². The van der Waals surface area contributed by atoms with E-state index in [0.717, 1.165) is 27.7 Å². The van der Waals surface area contributed by atoms with Gasteiger partial charge in [0, 0.05) is 28.5 Å². The second kappa shape index (κ2) is 8.79. The van der Waals surface area contributed by atoms with Crippen molar-refractivity contribution in [2.24, 2.45) is 0 Å². The Morgan fingerprint density at radius 3 is 2.38 bits per heavy atom. The van der Waals surface area contributed by atoms with Gasteiger partial charge in [0.1, 0.15) is 0 Å². The molecule has 0 unspecified atom stereocenters. The minimum atomic E-state index is 0.108. The van der Waals surface area contributed by atoms with Gasteiger partial charge in [-0.05, 0) is 23.3 Å². The first kappa shape index (κ1) is 16.0. The van der Waals surface area contributed by atoms with E-state index in [-0.39, 0.29) is 6.61 Å². The number of benzene rings is 2. The number of aliphatic hydroxyl groups excluding tert-OH is 1. The normalized spacial score (nSPS) is 10.0. The molecule has 2 rings (SSSR count). The van der Waals surface area contributed by atoms with Crippen LogP contribution in [0.15, 0.2) is 48.5 Å². The number of rotatable bonds is 5. The molecule has 0 amide bonds. The van der Waals surface area contributed by atoms with E-state index in [1.165, 1.54) is 5.56 Å². The van der Waals surface area contributed by atoms with Crippen molar-refractivity contribution >= 4 is 23.4 Å². The molecule has 2 aromatic rings. The molecule has 0 atom stereocenters. The van der Waals surface area contributed by atoms with Crippen LogP contribution >= 0.6 is 23.4 Å². The summed E-state index contributed by atoms with van der Waals surface area (Å²) in [6.45, 7) is 0.108. The fraction of sp³-hybridized carbons (Fsp3) is 0.222. The SMILES string of the molecule is OCCC#Cc1ccccc1CSCc1ccccc1Cl. The van der Waals surface area contributed by atoms with Crippen molar-refractivity contribution in [1.82, 2.24) is 0 Å². The smallest absolute Gasteiger partial charge is 0.0540 e. The van der Waals surface area contributed by atoms with Crippen LogP contribution in [0.25, 0.3) is 0 Å². The highest BCUT2D eigenvalue weighted by molar-refractivity contribution is 7.97. The topological polar surface area (TPSA) is 20.2 Å². The lowest BCUT2D eigenvalue weighted by Crippen LogP contribution is -1.89. The molecule has 0 spiro atoms. The van der Waals surface area contributed by atoms with Crippen molar-refractivity contribution in [1.29, 1.82) is 0 Å². The summed E-state index contributed by atoms with van der Waals surface area (Å²) in [5, 5.41) is 9.61. The van der Waals surface area contributed by atoms with Crippen LogP contribution in [0.3, 0.4) is 0 Å². The molecule has 0 aliphatic rings. The lowest BCUT2D eigenvalue weighted by molar-refractivity contribution is 0.305. The van der Waals surface area contributed by atoms with E-state index >= 15 is 0 Å². The summed E-state index contributed by atoms with van der Waals surface area (Å²) < 4.78 is 0. The van der Waals surface area contributed by atoms with Crippen molar-refractivity contribution in [2.75, 3.05) is 6.61 Å². The summed E-state index contributed by atoms with van der Waals surface area (Å²) >= 11 is 7.99. The number of hydrogen-bond acceptors (Lipinski definition) is 2. The van der Waals surface area contributed by atoms with Gasteiger partial charge in [-0.2, -0.15) is 11.8 Å². The lowest BCUT2D eigenvalue weighted by atomic mass is 10.1. The zero-order valence-electron chi connectivity index (χ0n) is 11.7. The average molecular weight is 317 g/mol. The molecule has 21 heavy (non-hydrogen) atoms. The van der Waals surface area contributed by atoms with Gasteiger partial charge in [0.2, 0.25) is 0 Å². The number of thioether (sulfide) groups is 1.